The van der Waals surface area contributed by atoms with Crippen molar-refractivity contribution in [3.63, 3.8) is 0 Å². The Morgan fingerprint density at radius 3 is 2.49 bits per heavy atom. The third kappa shape index (κ3) is 6.36. The van der Waals surface area contributed by atoms with Gasteiger partial charge in [0, 0.05) is 59.5 Å². The van der Waals surface area contributed by atoms with Gasteiger partial charge in [0.25, 0.3) is 0 Å². The van der Waals surface area contributed by atoms with E-state index in [1.165, 1.54) is 10.6 Å². The minimum atomic E-state index is -4.73. The van der Waals surface area contributed by atoms with Crippen LogP contribution >= 0.6 is 11.3 Å². The lowest BCUT2D eigenvalue weighted by molar-refractivity contribution is -0.140. The van der Waals surface area contributed by atoms with Crippen molar-refractivity contribution in [1.82, 2.24) is 24.8 Å². The number of benzene rings is 1. The van der Waals surface area contributed by atoms with Gasteiger partial charge in [-0.15, -0.1) is 11.3 Å². The Balaban J connectivity index is 1.96. The fourth-order valence-corrected chi connectivity index (χ4v) is 4.88. The monoisotopic (exact) mass is 592 g/mol. The van der Waals surface area contributed by atoms with E-state index in [9.17, 15) is 32.7 Å². The molecule has 1 aromatic carbocycles. The zero-order chi connectivity index (χ0) is 30.1. The minimum absolute atomic E-state index is 0.00729. The van der Waals surface area contributed by atoms with E-state index >= 15 is 4.39 Å². The Kier molecular flexibility index (Phi) is 8.39. The molecule has 4 aromatic rings. The highest BCUT2D eigenvalue weighted by Crippen LogP contribution is 2.39. The normalized spacial score (nSPS) is 11.7. The number of amides is 2. The summed E-state index contributed by atoms with van der Waals surface area (Å²) in [6.45, 7) is 2.68. The van der Waals surface area contributed by atoms with Crippen LogP contribution in [-0.2, 0) is 12.7 Å². The smallest absolute Gasteiger partial charge is 0.434 e. The number of pyridine rings is 2. The van der Waals surface area contributed by atoms with Gasteiger partial charge in [-0.1, -0.05) is 0 Å². The molecule has 0 unspecified atom stereocenters. The van der Waals surface area contributed by atoms with Crippen LogP contribution in [0.15, 0.2) is 40.8 Å². The van der Waals surface area contributed by atoms with E-state index in [1.54, 1.807) is 21.0 Å². The second-order valence-electron chi connectivity index (χ2n) is 9.16. The van der Waals surface area contributed by atoms with Gasteiger partial charge in [0.05, 0.1) is 5.52 Å². The number of thiazole rings is 1. The maximum Gasteiger partial charge on any atom is 0.434 e. The quantitative estimate of drug-likeness (QED) is 0.252. The molecule has 0 bridgehead atoms. The first-order chi connectivity index (χ1) is 19.3. The van der Waals surface area contributed by atoms with E-state index in [1.807, 2.05) is 4.90 Å². The van der Waals surface area contributed by atoms with Gasteiger partial charge in [0.2, 0.25) is 5.43 Å². The van der Waals surface area contributed by atoms with Gasteiger partial charge in [0.15, 0.2) is 5.69 Å². The third-order valence-corrected chi connectivity index (χ3v) is 6.86. The van der Waals surface area contributed by atoms with Crippen LogP contribution in [0.25, 0.3) is 32.6 Å². The molecule has 0 saturated carbocycles. The van der Waals surface area contributed by atoms with Crippen molar-refractivity contribution < 1.29 is 32.3 Å². The number of nitrogens with one attached hydrogen (secondary N) is 2. The van der Waals surface area contributed by atoms with Crippen molar-refractivity contribution in [2.45, 2.75) is 19.6 Å². The van der Waals surface area contributed by atoms with Crippen LogP contribution in [0.3, 0.4) is 0 Å². The lowest BCUT2D eigenvalue weighted by Gasteiger charge is -2.17. The Hall–Kier alpha value is -4.37. The Labute approximate surface area is 234 Å². The standard InChI is InChI=1S/C26H24F4N6O4S/c1-4-31-25(40)34-21-8-14(23-33-20(12-41-23)26(28,29)30)16(10-32-21)13-7-15-19(9-18(13)27)36(6-5-35(2)3)11-17(22(15)37)24(38)39/h7-12H,4-6H2,1-3H3,(H,38,39)(H2,31,32,34,40). The molecular weight excluding hydrogens is 568 g/mol. The number of urea groups is 1. The van der Waals surface area contributed by atoms with Crippen molar-refractivity contribution in [2.24, 2.45) is 0 Å². The highest BCUT2D eigenvalue weighted by Gasteiger charge is 2.34. The number of carboxylic acids is 1. The molecule has 0 radical (unpaired) electrons. The first-order valence-corrected chi connectivity index (χ1v) is 13.0. The number of carbonyl (C=O) groups excluding carboxylic acids is 1. The van der Waals surface area contributed by atoms with E-state index in [2.05, 4.69) is 20.6 Å². The number of aromatic carboxylic acids is 1. The second kappa shape index (κ2) is 11.6. The molecule has 0 saturated heterocycles. The Bertz CT molecular complexity index is 1700. The number of fused-ring (bicyclic) bond motifs is 1. The van der Waals surface area contributed by atoms with Gasteiger partial charge in [-0.25, -0.2) is 23.9 Å². The number of hydrogen-bond acceptors (Lipinski definition) is 7. The molecular formula is C26H24F4N6O4S. The molecule has 0 aliphatic rings. The first kappa shape index (κ1) is 29.6. The second-order valence-corrected chi connectivity index (χ2v) is 10.0. The van der Waals surface area contributed by atoms with Crippen LogP contribution in [0.2, 0.25) is 0 Å². The molecule has 15 heteroatoms. The van der Waals surface area contributed by atoms with Crippen LogP contribution in [0, 0.1) is 5.82 Å². The number of alkyl halides is 3. The number of halogens is 4. The van der Waals surface area contributed by atoms with Crippen LogP contribution < -0.4 is 16.1 Å². The summed E-state index contributed by atoms with van der Waals surface area (Å²) in [6.07, 6.45) is -2.44. The largest absolute Gasteiger partial charge is 0.477 e. The van der Waals surface area contributed by atoms with Crippen LogP contribution in [0.1, 0.15) is 23.0 Å². The Morgan fingerprint density at radius 1 is 1.15 bits per heavy atom. The highest BCUT2D eigenvalue weighted by molar-refractivity contribution is 7.13. The van der Waals surface area contributed by atoms with Gasteiger partial charge in [0.1, 0.15) is 22.2 Å². The summed E-state index contributed by atoms with van der Waals surface area (Å²) in [7, 11) is 3.59. The van der Waals surface area contributed by atoms with Crippen LogP contribution in [-0.4, -0.2) is 63.7 Å². The molecule has 4 rings (SSSR count). The first-order valence-electron chi connectivity index (χ1n) is 12.1. The summed E-state index contributed by atoms with van der Waals surface area (Å²) in [5.41, 5.74) is -2.63. The van der Waals surface area contributed by atoms with E-state index in [-0.39, 0.29) is 45.0 Å². The van der Waals surface area contributed by atoms with Crippen molar-refractivity contribution in [3.05, 3.63) is 63.3 Å². The Morgan fingerprint density at radius 2 is 1.88 bits per heavy atom. The number of hydrogen-bond donors (Lipinski definition) is 3. The van der Waals surface area contributed by atoms with Crippen molar-refractivity contribution in [2.75, 3.05) is 32.5 Å². The molecule has 216 valence electrons. The summed E-state index contributed by atoms with van der Waals surface area (Å²) >= 11 is 0.649. The number of rotatable bonds is 8. The van der Waals surface area contributed by atoms with E-state index in [0.29, 0.717) is 24.4 Å². The summed E-state index contributed by atoms with van der Waals surface area (Å²) in [5.74, 6) is -2.34. The van der Waals surface area contributed by atoms with Crippen molar-refractivity contribution >= 4 is 40.1 Å². The number of likely N-dealkylation sites (N-methyl/N-ethyl adjacent to an activating group) is 1. The fraction of sp³-hybridized carbons (Fsp3) is 0.269. The fourth-order valence-electron chi connectivity index (χ4n) is 4.03. The van der Waals surface area contributed by atoms with Crippen molar-refractivity contribution in [3.8, 4) is 21.7 Å². The molecule has 0 aliphatic heterocycles. The number of carboxylic acid groups (broad SMARTS) is 1. The lowest BCUT2D eigenvalue weighted by Crippen LogP contribution is -2.28. The van der Waals surface area contributed by atoms with E-state index in [4.69, 9.17) is 0 Å². The maximum absolute atomic E-state index is 15.7. The molecule has 3 aromatic heterocycles. The predicted octanol–water partition coefficient (Wildman–Crippen LogP) is 4.75. The summed E-state index contributed by atoms with van der Waals surface area (Å²) in [6, 6.07) is 2.85. The average Bonchev–Trinajstić information content (AvgIpc) is 3.39. The average molecular weight is 593 g/mol. The molecule has 41 heavy (non-hydrogen) atoms. The summed E-state index contributed by atoms with van der Waals surface area (Å²) < 4.78 is 57.2. The number of nitrogens with zero attached hydrogens (tertiary/aromatic N) is 4. The topological polar surface area (TPSA) is 129 Å². The van der Waals surface area contributed by atoms with Gasteiger partial charge in [-0.3, -0.25) is 10.1 Å². The molecule has 0 fully saturated rings. The van der Waals surface area contributed by atoms with E-state index in [0.717, 1.165) is 29.9 Å². The zero-order valence-corrected chi connectivity index (χ0v) is 22.8. The molecule has 3 heterocycles. The van der Waals surface area contributed by atoms with Gasteiger partial charge in [-0.2, -0.15) is 13.2 Å². The summed E-state index contributed by atoms with van der Waals surface area (Å²) in [5, 5.41) is 15.1. The lowest BCUT2D eigenvalue weighted by atomic mass is 9.98. The molecule has 3 N–H and O–H groups in total. The number of anilines is 1. The molecule has 10 nitrogen and oxygen atoms in total. The highest BCUT2D eigenvalue weighted by atomic mass is 32.1. The van der Waals surface area contributed by atoms with Gasteiger partial charge in [-0.05, 0) is 39.2 Å². The van der Waals surface area contributed by atoms with Gasteiger partial charge < -0.3 is 19.9 Å². The molecule has 2 amide bonds. The zero-order valence-electron chi connectivity index (χ0n) is 22.0. The van der Waals surface area contributed by atoms with Crippen LogP contribution in [0.4, 0.5) is 28.2 Å². The SMILES string of the molecule is CCNC(=O)Nc1cc(-c2nc(C(F)(F)F)cs2)c(-c2cc3c(=O)c(C(=O)O)cn(CCN(C)C)c3cc2F)cn1. The maximum atomic E-state index is 15.7. The summed E-state index contributed by atoms with van der Waals surface area (Å²) in [4.78, 5) is 46.6. The molecule has 0 atom stereocenters. The number of aromatic nitrogens is 3. The predicted molar refractivity (Wildman–Crippen MR) is 146 cm³/mol. The molecule has 0 aliphatic carbocycles. The van der Waals surface area contributed by atoms with Gasteiger partial charge >= 0.3 is 18.2 Å². The third-order valence-electron chi connectivity index (χ3n) is 5.99. The minimum Gasteiger partial charge on any atom is -0.477 e. The van der Waals surface area contributed by atoms with E-state index < -0.39 is 40.7 Å². The van der Waals surface area contributed by atoms with Crippen molar-refractivity contribution in [1.29, 1.82) is 0 Å². The number of carbonyl (C=O) groups is 2. The van der Waals surface area contributed by atoms with Crippen LogP contribution in [0.5, 0.6) is 0 Å². The molecule has 0 spiro atoms.